The number of hydrogen-bond donors (Lipinski definition) is 6. The second-order valence-corrected chi connectivity index (χ2v) is 8.72. The molecule has 1 fully saturated rings. The van der Waals surface area contributed by atoms with Crippen LogP contribution in [0.4, 0.5) is 0 Å². The fourth-order valence-corrected chi connectivity index (χ4v) is 2.91. The lowest BCUT2D eigenvalue weighted by atomic mass is 10.00. The van der Waals surface area contributed by atoms with Gasteiger partial charge in [-0.1, -0.05) is 0 Å². The molecule has 0 radical (unpaired) electrons. The van der Waals surface area contributed by atoms with E-state index in [1.165, 1.54) is 6.92 Å². The van der Waals surface area contributed by atoms with Gasteiger partial charge < -0.3 is 49.3 Å². The second kappa shape index (κ2) is 12.0. The number of aliphatic hydroxyl groups excluding tert-OH is 4. The van der Waals surface area contributed by atoms with Gasteiger partial charge in [0.25, 0.3) is 7.82 Å². The van der Waals surface area contributed by atoms with E-state index in [1.54, 1.807) is 0 Å². The third kappa shape index (κ3) is 11.9. The number of likely N-dealkylation sites (N-methyl/N-ethyl adjacent to an activating group) is 1. The van der Waals surface area contributed by atoms with E-state index in [9.17, 15) is 34.4 Å². The van der Waals surface area contributed by atoms with Crippen molar-refractivity contribution in [1.82, 2.24) is 0 Å². The molecule has 2 unspecified atom stereocenters. The number of hydrogen-bond acceptors (Lipinski definition) is 11. The first-order chi connectivity index (χ1) is 13.5. The van der Waals surface area contributed by atoms with E-state index in [2.05, 4.69) is 9.26 Å². The summed E-state index contributed by atoms with van der Waals surface area (Å²) in [6, 6.07) is 0. The maximum absolute atomic E-state index is 10.7. The van der Waals surface area contributed by atoms with E-state index >= 15 is 0 Å². The van der Waals surface area contributed by atoms with Gasteiger partial charge >= 0.3 is 11.9 Å². The highest BCUT2D eigenvalue weighted by molar-refractivity contribution is 7.44. The van der Waals surface area contributed by atoms with Crippen molar-refractivity contribution in [3.05, 3.63) is 0 Å². The maximum atomic E-state index is 10.7. The zero-order valence-electron chi connectivity index (χ0n) is 17.0. The summed E-state index contributed by atoms with van der Waals surface area (Å²) in [6.07, 6.45) is -9.13. The van der Waals surface area contributed by atoms with Gasteiger partial charge in [0.1, 0.15) is 31.0 Å². The van der Waals surface area contributed by atoms with Crippen molar-refractivity contribution < 1.29 is 68.0 Å². The Hall–Kier alpha value is -1.19. The van der Waals surface area contributed by atoms with Crippen molar-refractivity contribution in [3.8, 4) is 0 Å². The molecular formula is C15H30NO13P. The van der Waals surface area contributed by atoms with Crippen LogP contribution in [0.3, 0.4) is 0 Å². The number of phosphoric ester groups is 1. The number of phosphoric acid groups is 1. The van der Waals surface area contributed by atoms with Crippen LogP contribution in [0.25, 0.3) is 0 Å². The zero-order valence-corrected chi connectivity index (χ0v) is 17.9. The van der Waals surface area contributed by atoms with Crippen LogP contribution in [0.2, 0.25) is 0 Å². The summed E-state index contributed by atoms with van der Waals surface area (Å²) in [6.45, 7) is 1.05. The second-order valence-electron chi connectivity index (χ2n) is 7.57. The van der Waals surface area contributed by atoms with E-state index in [0.717, 1.165) is 0 Å². The van der Waals surface area contributed by atoms with Crippen LogP contribution in [-0.4, -0.2) is 118 Å². The molecule has 0 bridgehead atoms. The molecule has 15 heteroatoms. The molecule has 0 aromatic rings. The predicted molar refractivity (Wildman–Crippen MR) is 95.4 cm³/mol. The van der Waals surface area contributed by atoms with Crippen LogP contribution in [0, 0.1) is 0 Å². The molecule has 14 nitrogen and oxygen atoms in total. The number of rotatable bonds is 8. The van der Waals surface area contributed by atoms with Crippen molar-refractivity contribution >= 4 is 19.8 Å². The van der Waals surface area contributed by atoms with Gasteiger partial charge in [0.15, 0.2) is 12.4 Å². The van der Waals surface area contributed by atoms with Crippen LogP contribution in [0.15, 0.2) is 0 Å². The van der Waals surface area contributed by atoms with E-state index in [1.807, 2.05) is 21.1 Å². The Morgan fingerprint density at radius 2 is 1.70 bits per heavy atom. The van der Waals surface area contributed by atoms with Gasteiger partial charge in [0.2, 0.25) is 0 Å². The SMILES string of the molecule is CC(=O)O[C@H](CC(=O)O)C[N+](C)(C)C.O=P([O-])(O)OC1O[C@H](CO)[C@@H](O)[C@H](O)[C@H]1O. The number of aliphatic hydroxyl groups is 4. The van der Waals surface area contributed by atoms with Gasteiger partial charge in [-0.3, -0.25) is 18.7 Å². The van der Waals surface area contributed by atoms with Crippen molar-refractivity contribution in [2.24, 2.45) is 0 Å². The highest BCUT2D eigenvalue weighted by Crippen LogP contribution is 2.36. The molecule has 1 aliphatic heterocycles. The first-order valence-corrected chi connectivity index (χ1v) is 10.2. The van der Waals surface area contributed by atoms with Crippen molar-refractivity contribution in [3.63, 3.8) is 0 Å². The van der Waals surface area contributed by atoms with Gasteiger partial charge in [-0.15, -0.1) is 0 Å². The topological polar surface area (TPSA) is 223 Å². The Bertz CT molecular complexity index is 586. The minimum atomic E-state index is -5.16. The standard InChI is InChI=1S/C9H17NO4.C6H13O9P/c1-7(11)14-8(5-9(12)13)6-10(2,3)4;7-1-2-3(8)4(9)5(10)6(14-2)15-16(11,12)13/h8H,5-6H2,1-4H3;2-10H,1H2,(H2,11,12,13)/t8-;2-,3-,4+,5-,6?/m11/s1. The number of esters is 1. The molecule has 7 atom stereocenters. The summed E-state index contributed by atoms with van der Waals surface area (Å²) in [5, 5.41) is 45.1. The molecule has 0 aliphatic carbocycles. The summed E-state index contributed by atoms with van der Waals surface area (Å²) < 4.78 is 24.4. The van der Waals surface area contributed by atoms with Crippen molar-refractivity contribution in [2.75, 3.05) is 34.3 Å². The third-order valence-corrected chi connectivity index (χ3v) is 4.05. The molecule has 1 aliphatic rings. The van der Waals surface area contributed by atoms with Crippen LogP contribution in [0.1, 0.15) is 13.3 Å². The average molecular weight is 463 g/mol. The monoisotopic (exact) mass is 463 g/mol. The number of quaternary nitrogens is 1. The first kappa shape index (κ1) is 28.8. The van der Waals surface area contributed by atoms with Gasteiger partial charge in [0.05, 0.1) is 34.2 Å². The summed E-state index contributed by atoms with van der Waals surface area (Å²) >= 11 is 0. The highest BCUT2D eigenvalue weighted by atomic mass is 31.2. The molecule has 0 saturated carbocycles. The molecule has 6 N–H and O–H groups in total. The lowest BCUT2D eigenvalue weighted by molar-refractivity contribution is -0.873. The maximum Gasteiger partial charge on any atom is 0.307 e. The molecular weight excluding hydrogens is 433 g/mol. The number of ether oxygens (including phenoxy) is 2. The van der Waals surface area contributed by atoms with Crippen LogP contribution >= 0.6 is 7.82 Å². The van der Waals surface area contributed by atoms with Crippen LogP contribution in [0.5, 0.6) is 0 Å². The molecule has 30 heavy (non-hydrogen) atoms. The average Bonchev–Trinajstić information content (AvgIpc) is 2.52. The Morgan fingerprint density at radius 3 is 2.07 bits per heavy atom. The number of nitrogens with zero attached hydrogens (tertiary/aromatic N) is 1. The molecule has 1 rings (SSSR count). The summed E-state index contributed by atoms with van der Waals surface area (Å²) in [4.78, 5) is 39.9. The highest BCUT2D eigenvalue weighted by Gasteiger charge is 2.45. The lowest BCUT2D eigenvalue weighted by Gasteiger charge is -2.40. The lowest BCUT2D eigenvalue weighted by Crippen LogP contribution is -2.59. The van der Waals surface area contributed by atoms with Gasteiger partial charge in [-0.05, 0) is 0 Å². The van der Waals surface area contributed by atoms with E-state index in [4.69, 9.17) is 19.8 Å². The number of carboxylic acid groups (broad SMARTS) is 1. The quantitative estimate of drug-likeness (QED) is 0.116. The van der Waals surface area contributed by atoms with E-state index in [0.29, 0.717) is 11.0 Å². The van der Waals surface area contributed by atoms with Crippen molar-refractivity contribution in [2.45, 2.75) is 50.2 Å². The fraction of sp³-hybridized carbons (Fsp3) is 0.867. The zero-order chi connectivity index (χ0) is 23.9. The predicted octanol–water partition coefficient (Wildman–Crippen LogP) is -3.64. The summed E-state index contributed by atoms with van der Waals surface area (Å²) in [5.74, 6) is -1.39. The number of carboxylic acids is 1. The molecule has 0 spiro atoms. The summed E-state index contributed by atoms with van der Waals surface area (Å²) in [5.41, 5.74) is 0. The summed E-state index contributed by atoms with van der Waals surface area (Å²) in [7, 11) is 0.581. The number of aliphatic carboxylic acids is 1. The van der Waals surface area contributed by atoms with Gasteiger partial charge in [-0.25, -0.2) is 0 Å². The molecule has 1 heterocycles. The molecule has 0 amide bonds. The third-order valence-electron chi connectivity index (χ3n) is 3.57. The fourth-order valence-electron chi connectivity index (χ4n) is 2.47. The number of carbonyl (C=O) groups excluding carboxylic acids is 1. The largest absolute Gasteiger partial charge is 0.756 e. The molecule has 0 aromatic heterocycles. The molecule has 0 aromatic carbocycles. The Morgan fingerprint density at radius 1 is 1.17 bits per heavy atom. The Kier molecular flexibility index (Phi) is 11.5. The van der Waals surface area contributed by atoms with Gasteiger partial charge in [0, 0.05) is 6.92 Å². The Labute approximate surface area is 173 Å². The minimum absolute atomic E-state index is 0.144. The van der Waals surface area contributed by atoms with Crippen LogP contribution in [-0.2, 0) is 28.2 Å². The van der Waals surface area contributed by atoms with E-state index < -0.39 is 63.2 Å². The van der Waals surface area contributed by atoms with Crippen LogP contribution < -0.4 is 4.89 Å². The van der Waals surface area contributed by atoms with E-state index in [-0.39, 0.29) is 6.42 Å². The molecule has 178 valence electrons. The minimum Gasteiger partial charge on any atom is -0.756 e. The smallest absolute Gasteiger partial charge is 0.307 e. The number of carbonyl (C=O) groups is 2. The Balaban J connectivity index is 0.000000567. The first-order valence-electron chi connectivity index (χ1n) is 8.69. The van der Waals surface area contributed by atoms with Gasteiger partial charge in [-0.2, -0.15) is 0 Å². The van der Waals surface area contributed by atoms with Crippen molar-refractivity contribution in [1.29, 1.82) is 0 Å². The normalized spacial score (nSPS) is 29.7. The molecule has 1 saturated heterocycles.